The lowest BCUT2D eigenvalue weighted by molar-refractivity contribution is -0.141. The van der Waals surface area contributed by atoms with E-state index in [9.17, 15) is 23.1 Å². The van der Waals surface area contributed by atoms with Crippen molar-refractivity contribution in [2.75, 3.05) is 24.6 Å². The van der Waals surface area contributed by atoms with Crippen molar-refractivity contribution in [3.8, 4) is 0 Å². The molecule has 1 aliphatic heterocycles. The van der Waals surface area contributed by atoms with Crippen molar-refractivity contribution in [3.63, 3.8) is 0 Å². The molecule has 2 atom stereocenters. The Morgan fingerprint density at radius 3 is 2.42 bits per heavy atom. The molecule has 8 nitrogen and oxygen atoms in total. The summed E-state index contributed by atoms with van der Waals surface area (Å²) in [6.07, 6.45) is -0.917. The van der Waals surface area contributed by atoms with Crippen LogP contribution < -0.4 is 5.32 Å². The Kier molecular flexibility index (Phi) is 5.12. The number of aliphatic hydroxyl groups is 1. The second kappa shape index (κ2) is 6.20. The predicted octanol–water partition coefficient (Wildman–Crippen LogP) is -1.35. The Balaban J connectivity index is 2.65. The zero-order chi connectivity index (χ0) is 14.6. The van der Waals surface area contributed by atoms with Crippen LogP contribution in [-0.2, 0) is 14.6 Å². The number of hydrogen-bond acceptors (Lipinski definition) is 5. The van der Waals surface area contributed by atoms with E-state index in [-0.39, 0.29) is 24.6 Å². The van der Waals surface area contributed by atoms with Crippen LogP contribution in [0.1, 0.15) is 13.3 Å². The quantitative estimate of drug-likeness (QED) is 0.591. The lowest BCUT2D eigenvalue weighted by atomic mass is 10.2. The number of carbonyl (C=O) groups excluding carboxylic acids is 1. The summed E-state index contributed by atoms with van der Waals surface area (Å²) in [4.78, 5) is 23.9. The minimum absolute atomic E-state index is 0.0234. The van der Waals surface area contributed by atoms with Gasteiger partial charge in [-0.2, -0.15) is 0 Å². The maximum absolute atomic E-state index is 11.8. The van der Waals surface area contributed by atoms with Crippen molar-refractivity contribution >= 4 is 21.8 Å². The van der Waals surface area contributed by atoms with E-state index >= 15 is 0 Å². The monoisotopic (exact) mass is 294 g/mol. The summed E-state index contributed by atoms with van der Waals surface area (Å²) in [5.41, 5.74) is 0. The average Bonchev–Trinajstić information content (AvgIpc) is 2.46. The first kappa shape index (κ1) is 15.7. The fourth-order valence-corrected chi connectivity index (χ4v) is 3.03. The van der Waals surface area contributed by atoms with Crippen molar-refractivity contribution in [1.82, 2.24) is 10.2 Å². The van der Waals surface area contributed by atoms with Gasteiger partial charge in [0.2, 0.25) is 0 Å². The highest BCUT2D eigenvalue weighted by molar-refractivity contribution is 7.91. The maximum atomic E-state index is 11.8. The summed E-state index contributed by atoms with van der Waals surface area (Å²) in [5.74, 6) is -1.45. The summed E-state index contributed by atoms with van der Waals surface area (Å²) in [6, 6.07) is -2.09. The molecular formula is C10H18N2O6S. The van der Waals surface area contributed by atoms with E-state index in [1.807, 2.05) is 0 Å². The van der Waals surface area contributed by atoms with Gasteiger partial charge in [0.15, 0.2) is 15.9 Å². The minimum Gasteiger partial charge on any atom is -0.480 e. The van der Waals surface area contributed by atoms with Crippen LogP contribution in [0.2, 0.25) is 0 Å². The van der Waals surface area contributed by atoms with Crippen molar-refractivity contribution in [2.24, 2.45) is 0 Å². The smallest absolute Gasteiger partial charge is 0.328 e. The molecule has 1 aliphatic rings. The molecule has 19 heavy (non-hydrogen) atoms. The first-order valence-electron chi connectivity index (χ1n) is 5.89. The number of nitrogens with one attached hydrogen (secondary N) is 1. The summed E-state index contributed by atoms with van der Waals surface area (Å²) >= 11 is 0. The van der Waals surface area contributed by atoms with Crippen LogP contribution in [-0.4, -0.2) is 72.3 Å². The van der Waals surface area contributed by atoms with Crippen molar-refractivity contribution in [2.45, 2.75) is 25.5 Å². The first-order valence-corrected chi connectivity index (χ1v) is 7.72. The zero-order valence-corrected chi connectivity index (χ0v) is 11.4. The van der Waals surface area contributed by atoms with Gasteiger partial charge in [0.1, 0.15) is 0 Å². The van der Waals surface area contributed by atoms with Crippen LogP contribution in [0, 0.1) is 0 Å². The molecule has 1 heterocycles. The SMILES string of the molecule is C[C@@H](O)[C@H](NC(=O)N1CCCS(=O)(=O)CC1)C(=O)O. The average molecular weight is 294 g/mol. The summed E-state index contributed by atoms with van der Waals surface area (Å²) < 4.78 is 22.8. The molecule has 0 aromatic carbocycles. The summed E-state index contributed by atoms with van der Waals surface area (Å²) in [5, 5.41) is 20.3. The Labute approximate surface area is 111 Å². The number of rotatable bonds is 3. The third-order valence-corrected chi connectivity index (χ3v) is 4.59. The summed E-state index contributed by atoms with van der Waals surface area (Å²) in [6.45, 7) is 1.53. The van der Waals surface area contributed by atoms with Gasteiger partial charge in [0.25, 0.3) is 0 Å². The largest absolute Gasteiger partial charge is 0.480 e. The van der Waals surface area contributed by atoms with E-state index in [0.717, 1.165) is 0 Å². The number of carboxylic acid groups (broad SMARTS) is 1. The normalized spacial score (nSPS) is 22.1. The lowest BCUT2D eigenvalue weighted by Crippen LogP contribution is -2.52. The number of aliphatic hydroxyl groups excluding tert-OH is 1. The highest BCUT2D eigenvalue weighted by Crippen LogP contribution is 2.06. The van der Waals surface area contributed by atoms with Gasteiger partial charge in [0.05, 0.1) is 17.6 Å². The van der Waals surface area contributed by atoms with Crippen molar-refractivity contribution in [3.05, 3.63) is 0 Å². The molecule has 0 bridgehead atoms. The fourth-order valence-electron chi connectivity index (χ4n) is 1.75. The molecule has 1 saturated heterocycles. The molecule has 2 amide bonds. The van der Waals surface area contributed by atoms with Gasteiger partial charge in [-0.15, -0.1) is 0 Å². The molecule has 0 aromatic rings. The number of carbonyl (C=O) groups is 2. The van der Waals surface area contributed by atoms with Crippen molar-refractivity contribution < 1.29 is 28.2 Å². The molecule has 1 fully saturated rings. The number of amides is 2. The van der Waals surface area contributed by atoms with E-state index < -0.39 is 34.0 Å². The molecule has 110 valence electrons. The molecule has 0 saturated carbocycles. The molecule has 9 heteroatoms. The molecule has 0 spiro atoms. The molecule has 0 radical (unpaired) electrons. The lowest BCUT2D eigenvalue weighted by Gasteiger charge is -2.24. The summed E-state index contributed by atoms with van der Waals surface area (Å²) in [7, 11) is -3.13. The van der Waals surface area contributed by atoms with Crippen LogP contribution in [0.4, 0.5) is 4.79 Å². The Morgan fingerprint density at radius 1 is 1.26 bits per heavy atom. The van der Waals surface area contributed by atoms with Crippen LogP contribution in [0.3, 0.4) is 0 Å². The number of urea groups is 1. The van der Waals surface area contributed by atoms with Gasteiger partial charge < -0.3 is 20.4 Å². The number of nitrogens with zero attached hydrogens (tertiary/aromatic N) is 1. The molecule has 0 aromatic heterocycles. The maximum Gasteiger partial charge on any atom is 0.328 e. The highest BCUT2D eigenvalue weighted by atomic mass is 32.2. The van der Waals surface area contributed by atoms with Gasteiger partial charge in [0, 0.05) is 13.1 Å². The zero-order valence-electron chi connectivity index (χ0n) is 10.6. The van der Waals surface area contributed by atoms with E-state index in [0.29, 0.717) is 6.42 Å². The first-order chi connectivity index (χ1) is 8.73. The second-order valence-corrected chi connectivity index (χ2v) is 6.80. The van der Waals surface area contributed by atoms with Crippen LogP contribution in [0.15, 0.2) is 0 Å². The van der Waals surface area contributed by atoms with E-state index in [4.69, 9.17) is 5.11 Å². The standard InChI is InChI=1S/C10H18N2O6S/c1-7(13)8(9(14)15)11-10(16)12-3-2-5-19(17,18)6-4-12/h7-8,13H,2-6H2,1H3,(H,11,16)(H,14,15)/t7-,8+/m1/s1. The molecule has 0 unspecified atom stereocenters. The van der Waals surface area contributed by atoms with Gasteiger partial charge in [-0.1, -0.05) is 0 Å². The van der Waals surface area contributed by atoms with Gasteiger partial charge in [-0.3, -0.25) is 0 Å². The third kappa shape index (κ3) is 4.67. The number of aliphatic carboxylic acids is 1. The Morgan fingerprint density at radius 2 is 1.89 bits per heavy atom. The van der Waals surface area contributed by atoms with E-state index in [1.165, 1.54) is 11.8 Å². The number of sulfone groups is 1. The fraction of sp³-hybridized carbons (Fsp3) is 0.800. The van der Waals surface area contributed by atoms with E-state index in [1.54, 1.807) is 0 Å². The predicted molar refractivity (Wildman–Crippen MR) is 66.5 cm³/mol. The van der Waals surface area contributed by atoms with Gasteiger partial charge in [-0.05, 0) is 13.3 Å². The minimum atomic E-state index is -3.13. The molecule has 3 N–H and O–H groups in total. The van der Waals surface area contributed by atoms with Crippen LogP contribution >= 0.6 is 0 Å². The van der Waals surface area contributed by atoms with E-state index in [2.05, 4.69) is 5.32 Å². The molecular weight excluding hydrogens is 276 g/mol. The number of carboxylic acids is 1. The third-order valence-electron chi connectivity index (χ3n) is 2.87. The van der Waals surface area contributed by atoms with Gasteiger partial charge >= 0.3 is 12.0 Å². The molecule has 0 aliphatic carbocycles. The Bertz CT molecular complexity index is 447. The van der Waals surface area contributed by atoms with Crippen LogP contribution in [0.5, 0.6) is 0 Å². The second-order valence-electron chi connectivity index (χ2n) is 4.50. The number of hydrogen-bond donors (Lipinski definition) is 3. The Hall–Kier alpha value is -1.35. The highest BCUT2D eigenvalue weighted by Gasteiger charge is 2.28. The van der Waals surface area contributed by atoms with Gasteiger partial charge in [-0.25, -0.2) is 18.0 Å². The molecule has 1 rings (SSSR count). The van der Waals surface area contributed by atoms with Crippen LogP contribution in [0.25, 0.3) is 0 Å². The topological polar surface area (TPSA) is 124 Å². The van der Waals surface area contributed by atoms with Crippen molar-refractivity contribution in [1.29, 1.82) is 0 Å².